The first-order valence-electron chi connectivity index (χ1n) is 14.6. The van der Waals surface area contributed by atoms with Crippen molar-refractivity contribution in [3.05, 3.63) is 48.0 Å². The predicted octanol–water partition coefficient (Wildman–Crippen LogP) is 8.67. The van der Waals surface area contributed by atoms with Gasteiger partial charge in [-0.15, -0.1) is 0 Å². The van der Waals surface area contributed by atoms with Crippen LogP contribution in [0.3, 0.4) is 0 Å². The van der Waals surface area contributed by atoms with Crippen LogP contribution in [0, 0.1) is 0 Å². The minimum Gasteiger partial charge on any atom is -0.469 e. The van der Waals surface area contributed by atoms with E-state index in [1.807, 2.05) is 30.3 Å². The van der Waals surface area contributed by atoms with E-state index in [-0.39, 0.29) is 18.0 Å². The Balaban J connectivity index is 2.28. The zero-order valence-corrected chi connectivity index (χ0v) is 23.8. The van der Waals surface area contributed by atoms with Gasteiger partial charge < -0.3 is 14.2 Å². The van der Waals surface area contributed by atoms with Crippen LogP contribution >= 0.6 is 0 Å². The Bertz CT molecular complexity index is 715. The first-order valence-corrected chi connectivity index (χ1v) is 14.6. The molecule has 210 valence electrons. The van der Waals surface area contributed by atoms with Crippen molar-refractivity contribution in [2.24, 2.45) is 0 Å². The number of methoxy groups -OCH3 is 2. The summed E-state index contributed by atoms with van der Waals surface area (Å²) in [5.41, 5.74) is 0.821. The van der Waals surface area contributed by atoms with Crippen LogP contribution in [0.2, 0.25) is 0 Å². The van der Waals surface area contributed by atoms with Crippen molar-refractivity contribution < 1.29 is 23.8 Å². The van der Waals surface area contributed by atoms with E-state index in [0.717, 1.165) is 44.1 Å². The average Bonchev–Trinajstić information content (AvgIpc) is 2.91. The van der Waals surface area contributed by atoms with Gasteiger partial charge in [0.25, 0.3) is 0 Å². The van der Waals surface area contributed by atoms with Crippen LogP contribution in [-0.2, 0) is 23.8 Å². The Morgan fingerprint density at radius 3 is 1.95 bits per heavy atom. The molecule has 0 saturated carbocycles. The van der Waals surface area contributed by atoms with Crippen molar-refractivity contribution in [2.45, 2.75) is 128 Å². The number of carbonyl (C=O) groups excluding carboxylic acids is 2. The third-order valence-electron chi connectivity index (χ3n) is 6.74. The highest BCUT2D eigenvalue weighted by Crippen LogP contribution is 2.21. The van der Waals surface area contributed by atoms with Crippen LogP contribution in [0.5, 0.6) is 0 Å². The Labute approximate surface area is 226 Å². The molecule has 1 rings (SSSR count). The fourth-order valence-corrected chi connectivity index (χ4v) is 4.47. The minimum absolute atomic E-state index is 0.0983. The van der Waals surface area contributed by atoms with Crippen molar-refractivity contribution in [2.75, 3.05) is 14.2 Å². The quantitative estimate of drug-likeness (QED) is 0.0827. The number of unbranched alkanes of at least 4 members (excludes halogenated alkanes) is 13. The highest BCUT2D eigenvalue weighted by Gasteiger charge is 2.24. The lowest BCUT2D eigenvalue weighted by Gasteiger charge is -2.19. The van der Waals surface area contributed by atoms with Crippen molar-refractivity contribution in [3.63, 3.8) is 0 Å². The van der Waals surface area contributed by atoms with Crippen LogP contribution in [0.25, 0.3) is 0 Å². The van der Waals surface area contributed by atoms with Crippen LogP contribution in [0.15, 0.2) is 42.5 Å². The molecule has 0 fully saturated rings. The monoisotopic (exact) mass is 516 g/mol. The summed E-state index contributed by atoms with van der Waals surface area (Å²) in [6.07, 6.45) is 22.5. The summed E-state index contributed by atoms with van der Waals surface area (Å²) in [7, 11) is 3.01. The van der Waals surface area contributed by atoms with Gasteiger partial charge in [-0.3, -0.25) is 4.79 Å². The Morgan fingerprint density at radius 1 is 0.784 bits per heavy atom. The fraction of sp³-hybridized carbons (Fsp3) is 0.688. The van der Waals surface area contributed by atoms with Gasteiger partial charge in [0.1, 0.15) is 6.10 Å². The van der Waals surface area contributed by atoms with Crippen molar-refractivity contribution >= 4 is 11.9 Å². The molecular formula is C32H52O5. The van der Waals surface area contributed by atoms with E-state index in [1.54, 1.807) is 7.11 Å². The number of carbonyl (C=O) groups is 2. The Hall–Kier alpha value is -2.14. The third kappa shape index (κ3) is 17.1. The van der Waals surface area contributed by atoms with Gasteiger partial charge in [0.15, 0.2) is 6.10 Å². The standard InChI is InChI=1S/C32H52O5/c1-4-5-6-14-20-25-29(37-32(34)31(36-3)28-23-18-17-19-24-28)26-21-15-12-10-8-7-9-11-13-16-22-27-30(33)35-2/h17-20,23-25,29,31H,4-16,21-22,26-27H2,1-3H3/b25-20+/t29?,31-/m0/s1. The SMILES string of the molecule is CCCCC/C=C/C(CCCCCCCCCCCCCC(=O)OC)OC(=O)[C@@H](OC)c1ccccc1. The van der Waals surface area contributed by atoms with E-state index >= 15 is 0 Å². The van der Waals surface area contributed by atoms with E-state index in [9.17, 15) is 9.59 Å². The van der Waals surface area contributed by atoms with Gasteiger partial charge in [-0.1, -0.05) is 114 Å². The zero-order valence-electron chi connectivity index (χ0n) is 23.8. The van der Waals surface area contributed by atoms with Crippen molar-refractivity contribution in [1.29, 1.82) is 0 Å². The molecule has 0 aliphatic carbocycles. The number of allylic oxidation sites excluding steroid dienone is 1. The molecule has 0 N–H and O–H groups in total. The second-order valence-electron chi connectivity index (χ2n) is 9.93. The maximum absolute atomic E-state index is 12.9. The Morgan fingerprint density at radius 2 is 1.38 bits per heavy atom. The summed E-state index contributed by atoms with van der Waals surface area (Å²) < 4.78 is 16.0. The second kappa shape index (κ2) is 23.0. The maximum atomic E-state index is 12.9. The van der Waals surface area contributed by atoms with E-state index in [0.29, 0.717) is 6.42 Å². The largest absolute Gasteiger partial charge is 0.469 e. The number of hydrogen-bond donors (Lipinski definition) is 0. The molecule has 1 aromatic rings. The summed E-state index contributed by atoms with van der Waals surface area (Å²) in [6.45, 7) is 2.21. The first kappa shape index (κ1) is 32.9. The number of rotatable bonds is 23. The van der Waals surface area contributed by atoms with E-state index < -0.39 is 6.10 Å². The molecule has 5 nitrogen and oxygen atoms in total. The minimum atomic E-state index is -0.690. The normalized spacial score (nSPS) is 12.9. The summed E-state index contributed by atoms with van der Waals surface area (Å²) in [5.74, 6) is -0.416. The maximum Gasteiger partial charge on any atom is 0.340 e. The van der Waals surface area contributed by atoms with Crippen LogP contribution < -0.4 is 0 Å². The zero-order chi connectivity index (χ0) is 27.0. The van der Waals surface area contributed by atoms with Gasteiger partial charge in [0, 0.05) is 13.5 Å². The second-order valence-corrected chi connectivity index (χ2v) is 9.93. The number of hydrogen-bond acceptors (Lipinski definition) is 5. The molecule has 0 radical (unpaired) electrons. The van der Waals surface area contributed by atoms with E-state index in [2.05, 4.69) is 23.8 Å². The molecule has 0 aliphatic heterocycles. The molecular weight excluding hydrogens is 464 g/mol. The summed E-state index contributed by atoms with van der Waals surface area (Å²) >= 11 is 0. The summed E-state index contributed by atoms with van der Waals surface area (Å²) in [5, 5.41) is 0. The van der Waals surface area contributed by atoms with Gasteiger partial charge in [0.05, 0.1) is 7.11 Å². The number of benzene rings is 1. The molecule has 2 atom stereocenters. The van der Waals surface area contributed by atoms with Gasteiger partial charge in [-0.2, -0.15) is 0 Å². The Kier molecular flexibility index (Phi) is 20.5. The number of ether oxygens (including phenoxy) is 3. The molecule has 0 saturated heterocycles. The highest BCUT2D eigenvalue weighted by atomic mass is 16.6. The molecule has 0 aromatic heterocycles. The van der Waals surface area contributed by atoms with Gasteiger partial charge >= 0.3 is 11.9 Å². The highest BCUT2D eigenvalue weighted by molar-refractivity contribution is 5.76. The molecule has 0 heterocycles. The third-order valence-corrected chi connectivity index (χ3v) is 6.74. The predicted molar refractivity (Wildman–Crippen MR) is 151 cm³/mol. The summed E-state index contributed by atoms with van der Waals surface area (Å²) in [4.78, 5) is 24.0. The lowest BCUT2D eigenvalue weighted by molar-refractivity contribution is -0.159. The average molecular weight is 517 g/mol. The van der Waals surface area contributed by atoms with Crippen molar-refractivity contribution in [3.8, 4) is 0 Å². The number of esters is 2. The fourth-order valence-electron chi connectivity index (χ4n) is 4.47. The molecule has 0 spiro atoms. The molecule has 37 heavy (non-hydrogen) atoms. The van der Waals surface area contributed by atoms with Gasteiger partial charge in [-0.25, -0.2) is 4.79 Å². The molecule has 1 aromatic carbocycles. The van der Waals surface area contributed by atoms with Crippen LogP contribution in [0.1, 0.15) is 128 Å². The lowest BCUT2D eigenvalue weighted by atomic mass is 10.0. The van der Waals surface area contributed by atoms with Crippen LogP contribution in [0.4, 0.5) is 0 Å². The first-order chi connectivity index (χ1) is 18.1. The van der Waals surface area contributed by atoms with E-state index in [1.165, 1.54) is 71.3 Å². The lowest BCUT2D eigenvalue weighted by Crippen LogP contribution is -2.23. The smallest absolute Gasteiger partial charge is 0.340 e. The van der Waals surface area contributed by atoms with Gasteiger partial charge in [0.2, 0.25) is 0 Å². The van der Waals surface area contributed by atoms with Crippen molar-refractivity contribution in [1.82, 2.24) is 0 Å². The molecule has 1 unspecified atom stereocenters. The molecule has 0 aliphatic rings. The van der Waals surface area contributed by atoms with E-state index in [4.69, 9.17) is 9.47 Å². The summed E-state index contributed by atoms with van der Waals surface area (Å²) in [6, 6.07) is 9.55. The molecule has 0 bridgehead atoms. The van der Waals surface area contributed by atoms with Crippen LogP contribution in [-0.4, -0.2) is 32.3 Å². The molecule has 0 amide bonds. The van der Waals surface area contributed by atoms with Gasteiger partial charge in [-0.05, 0) is 43.7 Å². The molecule has 5 heteroatoms. The topological polar surface area (TPSA) is 61.8 Å².